The maximum absolute atomic E-state index is 16.7. The second-order valence-electron chi connectivity index (χ2n) is 11.4. The number of benzene rings is 3. The summed E-state index contributed by atoms with van der Waals surface area (Å²) < 4.78 is 108. The number of carbonyl (C=O) groups excluding carboxylic acids is 1. The van der Waals surface area contributed by atoms with Crippen molar-refractivity contribution in [2.45, 2.75) is 55.0 Å². The van der Waals surface area contributed by atoms with Crippen LogP contribution in [-0.4, -0.2) is 36.1 Å². The third-order valence-electron chi connectivity index (χ3n) is 8.84. The monoisotopic (exact) mass is 635 g/mol. The van der Waals surface area contributed by atoms with Gasteiger partial charge in [0, 0.05) is 44.3 Å². The summed E-state index contributed by atoms with van der Waals surface area (Å²) >= 11 is 0. The second kappa shape index (κ2) is 10.6. The van der Waals surface area contributed by atoms with Crippen LogP contribution in [0, 0.1) is 22.3 Å². The number of hydrogen-bond acceptors (Lipinski definition) is 5. The Bertz CT molecular complexity index is 1800. The SMILES string of the molecule is N=S1(=O)CCC2(CC1)c1c(ccc(C(=O)NCc3ccccc3C(F)F)c1F)N(S(=O)(=O)c1ccc(F)cc1)C2C1CC1. The van der Waals surface area contributed by atoms with E-state index in [0.717, 1.165) is 24.3 Å². The first-order chi connectivity index (χ1) is 20.4. The number of fused-ring (bicyclic) bond motifs is 2. The number of halogens is 4. The minimum Gasteiger partial charge on any atom is -0.348 e. The Morgan fingerprint density at radius 1 is 1.02 bits per heavy atom. The summed E-state index contributed by atoms with van der Waals surface area (Å²) in [7, 11) is -7.28. The van der Waals surface area contributed by atoms with Crippen molar-refractivity contribution in [3.8, 4) is 0 Å². The lowest BCUT2D eigenvalue weighted by Crippen LogP contribution is -2.52. The van der Waals surface area contributed by atoms with Gasteiger partial charge in [-0.05, 0) is 73.6 Å². The van der Waals surface area contributed by atoms with Crippen LogP contribution < -0.4 is 9.62 Å². The fourth-order valence-electron chi connectivity index (χ4n) is 6.62. The first-order valence-electron chi connectivity index (χ1n) is 13.9. The molecule has 1 saturated carbocycles. The molecule has 0 radical (unpaired) electrons. The third kappa shape index (κ3) is 5.09. The second-order valence-corrected chi connectivity index (χ2v) is 15.7. The Morgan fingerprint density at radius 3 is 2.30 bits per heavy atom. The summed E-state index contributed by atoms with van der Waals surface area (Å²) in [5.41, 5.74) is -1.53. The lowest BCUT2D eigenvalue weighted by Gasteiger charge is -2.42. The topological polar surface area (TPSA) is 107 Å². The van der Waals surface area contributed by atoms with Gasteiger partial charge in [0.25, 0.3) is 22.4 Å². The van der Waals surface area contributed by atoms with Crippen LogP contribution in [0.4, 0.5) is 23.2 Å². The standard InChI is InChI=1S/C30H29F4N3O4S2/c31-20-7-9-21(10-8-20)43(40,41)37-24-12-11-23(29(38)36-17-19-3-1-2-4-22(19)28(33)34)26(32)25(24)30(27(37)18-5-6-18)13-15-42(35,39)16-14-30/h1-4,7-12,18,27-28,35H,5-6,13-17H2,(H,36,38). The normalized spacial score (nSPS) is 25.2. The Balaban J connectivity index is 1.45. The van der Waals surface area contributed by atoms with Crippen molar-refractivity contribution >= 4 is 31.3 Å². The number of amides is 1. The number of alkyl halides is 2. The zero-order chi connectivity index (χ0) is 30.7. The first kappa shape index (κ1) is 29.6. The van der Waals surface area contributed by atoms with Crippen LogP contribution >= 0.6 is 0 Å². The number of nitrogens with zero attached hydrogens (tertiary/aromatic N) is 1. The van der Waals surface area contributed by atoms with Gasteiger partial charge in [0.05, 0.1) is 22.2 Å². The molecule has 2 N–H and O–H groups in total. The van der Waals surface area contributed by atoms with Crippen LogP contribution in [0.15, 0.2) is 65.6 Å². The van der Waals surface area contributed by atoms with Gasteiger partial charge in [0.2, 0.25) is 0 Å². The highest BCUT2D eigenvalue weighted by atomic mass is 32.2. The molecule has 0 bridgehead atoms. The van der Waals surface area contributed by atoms with E-state index in [1.807, 2.05) is 0 Å². The molecule has 2 fully saturated rings. The Morgan fingerprint density at radius 2 is 1.67 bits per heavy atom. The smallest absolute Gasteiger partial charge is 0.264 e. The van der Waals surface area contributed by atoms with Gasteiger partial charge < -0.3 is 5.32 Å². The van der Waals surface area contributed by atoms with Crippen LogP contribution in [0.5, 0.6) is 0 Å². The van der Waals surface area contributed by atoms with Gasteiger partial charge in [-0.15, -0.1) is 0 Å². The van der Waals surface area contributed by atoms with E-state index in [2.05, 4.69) is 5.32 Å². The highest BCUT2D eigenvalue weighted by Crippen LogP contribution is 2.60. The minimum atomic E-state index is -4.33. The summed E-state index contributed by atoms with van der Waals surface area (Å²) in [5, 5.41) is 2.51. The van der Waals surface area contributed by atoms with Crippen molar-refractivity contribution < 1.29 is 35.0 Å². The van der Waals surface area contributed by atoms with Crippen LogP contribution in [0.1, 0.15) is 59.2 Å². The highest BCUT2D eigenvalue weighted by Gasteiger charge is 2.61. The molecule has 2 heterocycles. The van der Waals surface area contributed by atoms with E-state index in [4.69, 9.17) is 4.78 Å². The highest BCUT2D eigenvalue weighted by molar-refractivity contribution is 7.93. The van der Waals surface area contributed by atoms with Crippen molar-refractivity contribution in [3.63, 3.8) is 0 Å². The van der Waals surface area contributed by atoms with Gasteiger partial charge in [0.1, 0.15) is 11.6 Å². The predicted octanol–water partition coefficient (Wildman–Crippen LogP) is 5.90. The first-order valence-corrected chi connectivity index (χ1v) is 17.2. The van der Waals surface area contributed by atoms with Gasteiger partial charge in [-0.2, -0.15) is 0 Å². The van der Waals surface area contributed by atoms with Crippen molar-refractivity contribution in [3.05, 3.63) is 94.6 Å². The summed E-state index contributed by atoms with van der Waals surface area (Å²) in [6, 6.07) is 11.8. The molecule has 1 unspecified atom stereocenters. The minimum absolute atomic E-state index is 0.0191. The molecule has 43 heavy (non-hydrogen) atoms. The molecule has 1 spiro atoms. The van der Waals surface area contributed by atoms with E-state index in [0.29, 0.717) is 12.8 Å². The maximum atomic E-state index is 16.7. The summed E-state index contributed by atoms with van der Waals surface area (Å²) in [5.74, 6) is -2.66. The number of sulfonamides is 1. The lowest BCUT2D eigenvalue weighted by molar-refractivity contribution is 0.0944. The number of hydrogen-bond donors (Lipinski definition) is 2. The van der Waals surface area contributed by atoms with Crippen molar-refractivity contribution in [2.24, 2.45) is 5.92 Å². The van der Waals surface area contributed by atoms with Gasteiger partial charge in [-0.25, -0.2) is 30.2 Å². The molecule has 1 aliphatic carbocycles. The van der Waals surface area contributed by atoms with Gasteiger partial charge in [-0.3, -0.25) is 13.9 Å². The molecular weight excluding hydrogens is 606 g/mol. The largest absolute Gasteiger partial charge is 0.348 e. The molecule has 13 heteroatoms. The Labute approximate surface area is 247 Å². The lowest BCUT2D eigenvalue weighted by atomic mass is 9.70. The van der Waals surface area contributed by atoms with Crippen LogP contribution in [0.2, 0.25) is 0 Å². The molecular formula is C30H29F4N3O4S2. The molecule has 7 nitrogen and oxygen atoms in total. The quantitative estimate of drug-likeness (QED) is 0.316. The fraction of sp³-hybridized carbons (Fsp3) is 0.367. The molecule has 1 saturated heterocycles. The molecule has 6 rings (SSSR count). The molecule has 0 aromatic heterocycles. The number of anilines is 1. The molecule has 1 amide bonds. The molecule has 228 valence electrons. The average Bonchev–Trinajstić information content (AvgIpc) is 3.76. The molecule has 3 aromatic carbocycles. The van der Waals surface area contributed by atoms with E-state index in [9.17, 15) is 30.6 Å². The molecule has 3 aliphatic rings. The van der Waals surface area contributed by atoms with Crippen LogP contribution in [0.3, 0.4) is 0 Å². The summed E-state index contributed by atoms with van der Waals surface area (Å²) in [6.45, 7) is -0.280. The van der Waals surface area contributed by atoms with E-state index < -0.39 is 55.2 Å². The average molecular weight is 636 g/mol. The molecule has 1 atom stereocenters. The van der Waals surface area contributed by atoms with E-state index >= 15 is 4.39 Å². The maximum Gasteiger partial charge on any atom is 0.264 e. The number of rotatable bonds is 7. The number of carbonyl (C=O) groups is 1. The van der Waals surface area contributed by atoms with Gasteiger partial charge in [-0.1, -0.05) is 24.3 Å². The molecule has 2 aliphatic heterocycles. The molecule has 3 aromatic rings. The summed E-state index contributed by atoms with van der Waals surface area (Å²) in [6.07, 6.45) is -1.22. The third-order valence-corrected chi connectivity index (χ3v) is 12.4. The van der Waals surface area contributed by atoms with E-state index in [1.165, 1.54) is 34.6 Å². The predicted molar refractivity (Wildman–Crippen MR) is 153 cm³/mol. The van der Waals surface area contributed by atoms with Crippen LogP contribution in [0.25, 0.3) is 0 Å². The fourth-order valence-corrected chi connectivity index (χ4v) is 10.0. The summed E-state index contributed by atoms with van der Waals surface area (Å²) in [4.78, 5) is 13.1. The van der Waals surface area contributed by atoms with Crippen molar-refractivity contribution in [1.82, 2.24) is 5.32 Å². The van der Waals surface area contributed by atoms with Gasteiger partial charge >= 0.3 is 0 Å². The van der Waals surface area contributed by atoms with E-state index in [1.54, 1.807) is 6.07 Å². The van der Waals surface area contributed by atoms with Crippen molar-refractivity contribution in [1.29, 1.82) is 4.78 Å². The zero-order valence-electron chi connectivity index (χ0n) is 22.9. The number of nitrogens with one attached hydrogen (secondary N) is 2. The van der Waals surface area contributed by atoms with Gasteiger partial charge in [0.15, 0.2) is 0 Å². The van der Waals surface area contributed by atoms with Crippen LogP contribution in [-0.2, 0) is 31.7 Å². The Kier molecular flexibility index (Phi) is 7.31. The Hall–Kier alpha value is -3.45. The van der Waals surface area contributed by atoms with Crippen molar-refractivity contribution in [2.75, 3.05) is 15.8 Å². The zero-order valence-corrected chi connectivity index (χ0v) is 24.5. The van der Waals surface area contributed by atoms with E-state index in [-0.39, 0.29) is 69.6 Å².